The van der Waals surface area contributed by atoms with E-state index in [1.807, 2.05) is 24.3 Å². The Morgan fingerprint density at radius 2 is 1.57 bits per heavy atom. The maximum absolute atomic E-state index is 4.28. The van der Waals surface area contributed by atoms with Crippen LogP contribution in [0.1, 0.15) is 57.7 Å². The summed E-state index contributed by atoms with van der Waals surface area (Å²) in [5.74, 6) is 0.0144. The van der Waals surface area contributed by atoms with Crippen LogP contribution < -0.4 is 0 Å². The summed E-state index contributed by atoms with van der Waals surface area (Å²) >= 11 is 0. The minimum absolute atomic E-state index is 0.0144. The average Bonchev–Trinajstić information content (AvgIpc) is 3.48. The summed E-state index contributed by atoms with van der Waals surface area (Å²) in [4.78, 5) is 0. The van der Waals surface area contributed by atoms with Gasteiger partial charge in [-0.15, -0.1) is 0 Å². The Labute approximate surface area is 210 Å². The SMILES string of the molecule is C=C/C=C(\C=C)C(c1ccccc1)c1cc2c(c(C=C)c1C=C)-c1ccc(C)cc1C21CC=CC1. The van der Waals surface area contributed by atoms with Crippen molar-refractivity contribution in [3.63, 3.8) is 0 Å². The van der Waals surface area contributed by atoms with Crippen LogP contribution in [0.15, 0.2) is 117 Å². The molecular weight excluding hydrogens is 420 g/mol. The van der Waals surface area contributed by atoms with E-state index >= 15 is 0 Å². The molecule has 0 saturated heterocycles. The van der Waals surface area contributed by atoms with Crippen molar-refractivity contribution in [1.82, 2.24) is 0 Å². The van der Waals surface area contributed by atoms with Crippen LogP contribution in [0.25, 0.3) is 23.3 Å². The van der Waals surface area contributed by atoms with Gasteiger partial charge in [0.25, 0.3) is 0 Å². The predicted molar refractivity (Wildman–Crippen MR) is 153 cm³/mol. The van der Waals surface area contributed by atoms with Crippen LogP contribution in [-0.4, -0.2) is 0 Å². The fraction of sp³-hybridized carbons (Fsp3) is 0.143. The molecule has 0 amide bonds. The van der Waals surface area contributed by atoms with E-state index in [0.29, 0.717) is 0 Å². The third-order valence-electron chi connectivity index (χ3n) is 7.75. The topological polar surface area (TPSA) is 0 Å². The highest BCUT2D eigenvalue weighted by Crippen LogP contribution is 2.58. The largest absolute Gasteiger partial charge is 0.0991 e. The standard InChI is InChI=1S/C35H32/c1-6-15-25(7-2)33(26-16-11-10-12-17-26)30-23-32-34(28(9-4)27(30)8-3)29-19-18-24(5)22-31(29)35(32)20-13-14-21-35/h6-19,22-23,33H,1-4,20-21H2,5H3/b25-15+. The second kappa shape index (κ2) is 9.04. The van der Waals surface area contributed by atoms with Crippen LogP contribution in [0.4, 0.5) is 0 Å². The van der Waals surface area contributed by atoms with Crippen molar-refractivity contribution in [1.29, 1.82) is 0 Å². The quantitative estimate of drug-likeness (QED) is 0.247. The first-order chi connectivity index (χ1) is 17.1. The van der Waals surface area contributed by atoms with Crippen molar-refractivity contribution >= 4 is 12.2 Å². The van der Waals surface area contributed by atoms with Gasteiger partial charge >= 0.3 is 0 Å². The summed E-state index contributed by atoms with van der Waals surface area (Å²) in [6.45, 7) is 18.9. The zero-order chi connectivity index (χ0) is 24.6. The molecule has 0 heterocycles. The van der Waals surface area contributed by atoms with E-state index < -0.39 is 0 Å². The van der Waals surface area contributed by atoms with Gasteiger partial charge in [-0.3, -0.25) is 0 Å². The maximum Gasteiger partial charge on any atom is 0.0346 e. The molecule has 3 aromatic carbocycles. The lowest BCUT2D eigenvalue weighted by Crippen LogP contribution is -2.22. The molecule has 0 aliphatic heterocycles. The molecule has 0 fully saturated rings. The number of hydrogen-bond acceptors (Lipinski definition) is 0. The van der Waals surface area contributed by atoms with Gasteiger partial charge in [0.1, 0.15) is 0 Å². The molecule has 1 unspecified atom stereocenters. The van der Waals surface area contributed by atoms with Gasteiger partial charge in [0.15, 0.2) is 0 Å². The summed E-state index contributed by atoms with van der Waals surface area (Å²) in [6, 6.07) is 20.1. The van der Waals surface area contributed by atoms with Gasteiger partial charge in [-0.2, -0.15) is 0 Å². The highest BCUT2D eigenvalue weighted by Gasteiger charge is 2.45. The Morgan fingerprint density at radius 1 is 0.857 bits per heavy atom. The molecule has 1 atom stereocenters. The second-order valence-electron chi connectivity index (χ2n) is 9.58. The molecule has 2 aliphatic rings. The molecule has 0 heteroatoms. The minimum Gasteiger partial charge on any atom is -0.0991 e. The van der Waals surface area contributed by atoms with Crippen LogP contribution in [0.2, 0.25) is 0 Å². The summed E-state index contributed by atoms with van der Waals surface area (Å²) in [7, 11) is 0. The Hall–Kier alpha value is -3.90. The van der Waals surface area contributed by atoms with E-state index in [0.717, 1.165) is 24.0 Å². The number of allylic oxidation sites excluding steroid dienone is 6. The summed E-state index contributed by atoms with van der Waals surface area (Å²) in [5, 5.41) is 0. The second-order valence-corrected chi connectivity index (χ2v) is 9.58. The summed E-state index contributed by atoms with van der Waals surface area (Å²) in [5.41, 5.74) is 12.7. The highest BCUT2D eigenvalue weighted by atomic mass is 14.5. The first kappa shape index (κ1) is 22.9. The first-order valence-electron chi connectivity index (χ1n) is 12.3. The molecule has 2 aliphatic carbocycles. The van der Waals surface area contributed by atoms with Crippen molar-refractivity contribution in [2.45, 2.75) is 31.1 Å². The van der Waals surface area contributed by atoms with Gasteiger partial charge in [0.05, 0.1) is 0 Å². The fourth-order valence-electron chi connectivity index (χ4n) is 6.21. The van der Waals surface area contributed by atoms with Crippen LogP contribution in [-0.2, 0) is 5.41 Å². The van der Waals surface area contributed by atoms with Crippen molar-refractivity contribution in [2.24, 2.45) is 0 Å². The van der Waals surface area contributed by atoms with E-state index in [-0.39, 0.29) is 11.3 Å². The van der Waals surface area contributed by atoms with Gasteiger partial charge in [0, 0.05) is 11.3 Å². The third kappa shape index (κ3) is 3.44. The molecule has 35 heavy (non-hydrogen) atoms. The lowest BCUT2D eigenvalue weighted by molar-refractivity contribution is 0.571. The lowest BCUT2D eigenvalue weighted by atomic mass is 9.72. The van der Waals surface area contributed by atoms with Crippen molar-refractivity contribution in [2.75, 3.05) is 0 Å². The number of hydrogen-bond donors (Lipinski definition) is 0. The Kier molecular flexibility index (Phi) is 5.91. The molecule has 172 valence electrons. The number of aryl methyl sites for hydroxylation is 1. The van der Waals surface area contributed by atoms with Gasteiger partial charge < -0.3 is 0 Å². The van der Waals surface area contributed by atoms with Crippen LogP contribution in [0.5, 0.6) is 0 Å². The van der Waals surface area contributed by atoms with Gasteiger partial charge in [-0.1, -0.05) is 129 Å². The van der Waals surface area contributed by atoms with Gasteiger partial charge in [-0.25, -0.2) is 0 Å². The summed E-state index contributed by atoms with van der Waals surface area (Å²) in [6.07, 6.45) is 16.6. The Morgan fingerprint density at radius 3 is 2.20 bits per heavy atom. The van der Waals surface area contributed by atoms with Crippen LogP contribution in [0, 0.1) is 6.92 Å². The molecule has 5 rings (SSSR count). The lowest BCUT2D eigenvalue weighted by Gasteiger charge is -2.30. The number of fused-ring (bicyclic) bond motifs is 5. The van der Waals surface area contributed by atoms with Crippen LogP contribution in [0.3, 0.4) is 0 Å². The predicted octanol–water partition coefficient (Wildman–Crippen LogP) is 9.33. The van der Waals surface area contributed by atoms with E-state index in [9.17, 15) is 0 Å². The van der Waals surface area contributed by atoms with Crippen molar-refractivity contribution < 1.29 is 0 Å². The first-order valence-corrected chi connectivity index (χ1v) is 12.3. The number of benzene rings is 3. The molecule has 0 bridgehead atoms. The van der Waals surface area contributed by atoms with E-state index in [2.05, 4.69) is 106 Å². The number of rotatable bonds is 7. The zero-order valence-electron chi connectivity index (χ0n) is 20.6. The summed E-state index contributed by atoms with van der Waals surface area (Å²) < 4.78 is 0. The highest BCUT2D eigenvalue weighted by molar-refractivity contribution is 5.92. The fourth-order valence-corrected chi connectivity index (χ4v) is 6.21. The Bertz CT molecular complexity index is 1400. The van der Waals surface area contributed by atoms with E-state index in [4.69, 9.17) is 0 Å². The van der Waals surface area contributed by atoms with Crippen LogP contribution >= 0.6 is 0 Å². The average molecular weight is 453 g/mol. The molecule has 0 aromatic heterocycles. The molecular formula is C35H32. The molecule has 1 spiro atoms. The monoisotopic (exact) mass is 452 g/mol. The van der Waals surface area contributed by atoms with E-state index in [1.54, 1.807) is 0 Å². The van der Waals surface area contributed by atoms with E-state index in [1.165, 1.54) is 44.5 Å². The van der Waals surface area contributed by atoms with Gasteiger partial charge in [0.2, 0.25) is 0 Å². The van der Waals surface area contributed by atoms with Crippen molar-refractivity contribution in [3.8, 4) is 11.1 Å². The van der Waals surface area contributed by atoms with Gasteiger partial charge in [-0.05, 0) is 69.8 Å². The minimum atomic E-state index is -0.0272. The zero-order valence-corrected chi connectivity index (χ0v) is 20.6. The Balaban J connectivity index is 1.89. The molecule has 0 N–H and O–H groups in total. The normalized spacial score (nSPS) is 16.0. The smallest absolute Gasteiger partial charge is 0.0346 e. The van der Waals surface area contributed by atoms with Crippen molar-refractivity contribution in [3.05, 3.63) is 156 Å². The maximum atomic E-state index is 4.28. The molecule has 0 nitrogen and oxygen atoms in total. The molecule has 3 aromatic rings. The third-order valence-corrected chi connectivity index (χ3v) is 7.75. The molecule has 0 radical (unpaired) electrons. The molecule has 0 saturated carbocycles.